The fourth-order valence-corrected chi connectivity index (χ4v) is 2.81. The lowest BCUT2D eigenvalue weighted by Crippen LogP contribution is -2.44. The van der Waals surface area contributed by atoms with Gasteiger partial charge in [-0.2, -0.15) is 0 Å². The van der Waals surface area contributed by atoms with Crippen LogP contribution in [0.1, 0.15) is 32.0 Å². The van der Waals surface area contributed by atoms with E-state index in [1.165, 1.54) is 0 Å². The number of nitrogens with zero attached hydrogens (tertiary/aromatic N) is 2. The van der Waals surface area contributed by atoms with Crippen molar-refractivity contribution in [1.29, 1.82) is 0 Å². The zero-order valence-electron chi connectivity index (χ0n) is 13.7. The van der Waals surface area contributed by atoms with E-state index in [0.717, 1.165) is 11.3 Å². The Balaban J connectivity index is 1.94. The molecule has 3 rings (SSSR count). The van der Waals surface area contributed by atoms with Crippen LogP contribution < -0.4 is 5.56 Å². The molecule has 5 heteroatoms. The maximum absolute atomic E-state index is 12.4. The van der Waals surface area contributed by atoms with Crippen LogP contribution in [-0.2, 0) is 17.8 Å². The van der Waals surface area contributed by atoms with E-state index >= 15 is 0 Å². The van der Waals surface area contributed by atoms with Crippen molar-refractivity contribution in [3.05, 3.63) is 51.9 Å². The molecule has 120 valence electrons. The molecule has 1 N–H and O–H groups in total. The Kier molecular flexibility index (Phi) is 3.80. The summed E-state index contributed by atoms with van der Waals surface area (Å²) >= 11 is 0. The molecule has 0 unspecified atom stereocenters. The van der Waals surface area contributed by atoms with E-state index in [4.69, 9.17) is 0 Å². The third kappa shape index (κ3) is 3.04. The Hall–Kier alpha value is -2.43. The molecular weight excluding hydrogens is 290 g/mol. The summed E-state index contributed by atoms with van der Waals surface area (Å²) in [7, 11) is 0. The van der Waals surface area contributed by atoms with Crippen LogP contribution in [0.25, 0.3) is 11.4 Å². The Labute approximate surface area is 135 Å². The van der Waals surface area contributed by atoms with Crippen LogP contribution in [0.3, 0.4) is 0 Å². The van der Waals surface area contributed by atoms with Gasteiger partial charge in [-0.3, -0.25) is 9.59 Å². The first-order chi connectivity index (χ1) is 10.9. The quantitative estimate of drug-likeness (QED) is 0.879. The van der Waals surface area contributed by atoms with Crippen molar-refractivity contribution < 1.29 is 4.79 Å². The maximum atomic E-state index is 12.4. The number of H-pyrrole nitrogens is 1. The largest absolute Gasteiger partial charge is 0.337 e. The number of hydrogen-bond donors (Lipinski definition) is 1. The van der Waals surface area contributed by atoms with Gasteiger partial charge < -0.3 is 9.88 Å². The number of carbonyl (C=O) groups excluding carboxylic acids is 1. The Morgan fingerprint density at radius 2 is 1.91 bits per heavy atom. The molecule has 1 aromatic carbocycles. The third-order valence-electron chi connectivity index (χ3n) is 4.04. The molecule has 1 aliphatic rings. The van der Waals surface area contributed by atoms with E-state index < -0.39 is 5.41 Å². The molecule has 0 aliphatic carbocycles. The number of carbonyl (C=O) groups is 1. The van der Waals surface area contributed by atoms with Gasteiger partial charge in [0.05, 0.1) is 17.8 Å². The molecule has 2 heterocycles. The molecule has 1 aliphatic heterocycles. The minimum absolute atomic E-state index is 0.0645. The van der Waals surface area contributed by atoms with Crippen LogP contribution in [0, 0.1) is 5.41 Å². The fourth-order valence-electron chi connectivity index (χ4n) is 2.81. The number of amides is 1. The highest BCUT2D eigenvalue weighted by atomic mass is 16.2. The highest BCUT2D eigenvalue weighted by molar-refractivity contribution is 5.81. The summed E-state index contributed by atoms with van der Waals surface area (Å²) in [6, 6.07) is 9.60. The minimum Gasteiger partial charge on any atom is -0.337 e. The van der Waals surface area contributed by atoms with Crippen molar-refractivity contribution in [2.45, 2.75) is 33.7 Å². The van der Waals surface area contributed by atoms with Gasteiger partial charge in [-0.1, -0.05) is 51.1 Å². The lowest BCUT2D eigenvalue weighted by Gasteiger charge is -2.32. The standard InChI is InChI=1S/C18H21N3O2/c1-18(2,3)17(23)21-10-9-14-13(11-21)16(22)20-15(19-14)12-7-5-4-6-8-12/h4-8H,9-11H2,1-3H3,(H,19,20,22). The molecule has 5 nitrogen and oxygen atoms in total. The van der Waals surface area contributed by atoms with E-state index in [-0.39, 0.29) is 11.5 Å². The van der Waals surface area contributed by atoms with Crippen molar-refractivity contribution in [3.8, 4) is 11.4 Å². The second-order valence-corrected chi connectivity index (χ2v) is 6.93. The van der Waals surface area contributed by atoms with Crippen LogP contribution in [0.2, 0.25) is 0 Å². The predicted octanol–water partition coefficient (Wildman–Crippen LogP) is 2.37. The second-order valence-electron chi connectivity index (χ2n) is 6.93. The monoisotopic (exact) mass is 311 g/mol. The van der Waals surface area contributed by atoms with Gasteiger partial charge in [-0.15, -0.1) is 0 Å². The van der Waals surface area contributed by atoms with Gasteiger partial charge in [0.2, 0.25) is 5.91 Å². The summed E-state index contributed by atoms with van der Waals surface area (Å²) in [5, 5.41) is 0. The summed E-state index contributed by atoms with van der Waals surface area (Å²) in [6.45, 7) is 6.63. The topological polar surface area (TPSA) is 66.1 Å². The van der Waals surface area contributed by atoms with Gasteiger partial charge in [0.15, 0.2) is 0 Å². The number of aromatic amines is 1. The molecule has 0 radical (unpaired) electrons. The minimum atomic E-state index is -0.443. The average Bonchev–Trinajstić information content (AvgIpc) is 2.54. The van der Waals surface area contributed by atoms with Crippen LogP contribution in [0.5, 0.6) is 0 Å². The lowest BCUT2D eigenvalue weighted by molar-refractivity contribution is -0.140. The molecule has 0 atom stereocenters. The van der Waals surface area contributed by atoms with Crippen molar-refractivity contribution >= 4 is 5.91 Å². The van der Waals surface area contributed by atoms with Gasteiger partial charge in [0.25, 0.3) is 5.56 Å². The summed E-state index contributed by atoms with van der Waals surface area (Å²) in [5.41, 5.74) is 1.70. The Bertz CT molecular complexity index is 788. The fraction of sp³-hybridized carbons (Fsp3) is 0.389. The summed E-state index contributed by atoms with van der Waals surface area (Å²) in [5.74, 6) is 0.652. The van der Waals surface area contributed by atoms with Crippen LogP contribution in [-0.4, -0.2) is 27.3 Å². The second kappa shape index (κ2) is 5.65. The zero-order valence-corrected chi connectivity index (χ0v) is 13.7. The molecule has 0 saturated carbocycles. The predicted molar refractivity (Wildman–Crippen MR) is 88.9 cm³/mol. The number of rotatable bonds is 1. The molecular formula is C18H21N3O2. The SMILES string of the molecule is CC(C)(C)C(=O)N1CCc2nc(-c3ccccc3)[nH]c(=O)c2C1. The zero-order chi connectivity index (χ0) is 16.6. The van der Waals surface area contributed by atoms with E-state index in [0.29, 0.717) is 30.9 Å². The number of benzene rings is 1. The normalized spacial score (nSPS) is 14.5. The van der Waals surface area contributed by atoms with E-state index in [1.807, 2.05) is 51.1 Å². The molecule has 0 bridgehead atoms. The van der Waals surface area contributed by atoms with Gasteiger partial charge in [-0.25, -0.2) is 4.98 Å². The molecule has 0 spiro atoms. The average molecular weight is 311 g/mol. The first-order valence-electron chi connectivity index (χ1n) is 7.83. The summed E-state index contributed by atoms with van der Waals surface area (Å²) in [6.07, 6.45) is 0.612. The molecule has 23 heavy (non-hydrogen) atoms. The Morgan fingerprint density at radius 3 is 2.57 bits per heavy atom. The third-order valence-corrected chi connectivity index (χ3v) is 4.04. The molecule has 0 fully saturated rings. The van der Waals surface area contributed by atoms with E-state index in [1.54, 1.807) is 4.90 Å². The number of aromatic nitrogens is 2. The van der Waals surface area contributed by atoms with Crippen LogP contribution in [0.4, 0.5) is 0 Å². The molecule has 2 aromatic rings. The molecule has 1 amide bonds. The number of hydrogen-bond acceptors (Lipinski definition) is 3. The van der Waals surface area contributed by atoms with Crippen LogP contribution >= 0.6 is 0 Å². The smallest absolute Gasteiger partial charge is 0.256 e. The first-order valence-corrected chi connectivity index (χ1v) is 7.83. The van der Waals surface area contributed by atoms with Gasteiger partial charge in [0, 0.05) is 23.9 Å². The summed E-state index contributed by atoms with van der Waals surface area (Å²) < 4.78 is 0. The molecule has 1 aromatic heterocycles. The molecule has 0 saturated heterocycles. The van der Waals surface area contributed by atoms with Crippen molar-refractivity contribution in [1.82, 2.24) is 14.9 Å². The number of nitrogens with one attached hydrogen (secondary N) is 1. The first kappa shape index (κ1) is 15.5. The van der Waals surface area contributed by atoms with E-state index in [9.17, 15) is 9.59 Å². The summed E-state index contributed by atoms with van der Waals surface area (Å²) in [4.78, 5) is 34.1. The highest BCUT2D eigenvalue weighted by Gasteiger charge is 2.31. The van der Waals surface area contributed by atoms with Gasteiger partial charge in [-0.05, 0) is 0 Å². The highest BCUT2D eigenvalue weighted by Crippen LogP contribution is 2.23. The number of fused-ring (bicyclic) bond motifs is 1. The van der Waals surface area contributed by atoms with Crippen molar-refractivity contribution in [2.24, 2.45) is 5.41 Å². The van der Waals surface area contributed by atoms with Crippen molar-refractivity contribution in [2.75, 3.05) is 6.54 Å². The van der Waals surface area contributed by atoms with E-state index in [2.05, 4.69) is 9.97 Å². The van der Waals surface area contributed by atoms with Gasteiger partial charge >= 0.3 is 0 Å². The van der Waals surface area contributed by atoms with Crippen molar-refractivity contribution in [3.63, 3.8) is 0 Å². The van der Waals surface area contributed by atoms with Gasteiger partial charge in [0.1, 0.15) is 5.82 Å². The Morgan fingerprint density at radius 1 is 1.22 bits per heavy atom. The van der Waals surface area contributed by atoms with Crippen LogP contribution in [0.15, 0.2) is 35.1 Å². The maximum Gasteiger partial charge on any atom is 0.256 e. The lowest BCUT2D eigenvalue weighted by atomic mass is 9.93.